The molecular weight excluding hydrogens is 479 g/mol. The van der Waals surface area contributed by atoms with Gasteiger partial charge in [0.05, 0.1) is 43.6 Å². The fraction of sp³-hybridized carbons (Fsp3) is 0.350. The third-order valence-electron chi connectivity index (χ3n) is 4.82. The van der Waals surface area contributed by atoms with Crippen LogP contribution >= 0.6 is 11.3 Å². The van der Waals surface area contributed by atoms with Crippen LogP contribution in [0.5, 0.6) is 11.8 Å². The van der Waals surface area contributed by atoms with Crippen LogP contribution in [0.1, 0.15) is 27.7 Å². The van der Waals surface area contributed by atoms with Crippen molar-refractivity contribution in [3.8, 4) is 23.1 Å². The molecule has 1 N–H and O–H groups in total. The molecule has 0 aliphatic carbocycles. The largest absolute Gasteiger partial charge is 0.480 e. The predicted octanol–water partition coefficient (Wildman–Crippen LogP) is 3.50. The van der Waals surface area contributed by atoms with E-state index in [-0.39, 0.29) is 33.8 Å². The van der Waals surface area contributed by atoms with Gasteiger partial charge in [-0.3, -0.25) is 15.1 Å². The van der Waals surface area contributed by atoms with E-state index < -0.39 is 23.4 Å². The number of carbonyl (C=O) groups excluding carboxylic acids is 1. The number of hydrogen-bond donors (Lipinski definition) is 1. The molecule has 180 valence electrons. The number of anilines is 1. The lowest BCUT2D eigenvalue weighted by Gasteiger charge is -2.21. The summed E-state index contributed by atoms with van der Waals surface area (Å²) in [5, 5.41) is 2.74. The Morgan fingerprint density at radius 2 is 1.76 bits per heavy atom. The Morgan fingerprint density at radius 1 is 1.12 bits per heavy atom. The van der Waals surface area contributed by atoms with Crippen molar-refractivity contribution in [2.45, 2.75) is 18.9 Å². The number of aromatic nitrogens is 4. The van der Waals surface area contributed by atoms with E-state index in [2.05, 4.69) is 25.3 Å². The van der Waals surface area contributed by atoms with Crippen LogP contribution in [0.15, 0.2) is 24.7 Å². The Balaban J connectivity index is 1.73. The first-order valence-corrected chi connectivity index (χ1v) is 10.5. The minimum Gasteiger partial charge on any atom is -0.480 e. The molecular formula is C20H18F3N5O5S. The number of nitrogens with zero attached hydrogens (tertiary/aromatic N) is 4. The van der Waals surface area contributed by atoms with Crippen molar-refractivity contribution < 1.29 is 36.9 Å². The number of nitrogens with one attached hydrogen (secondary N) is 1. The number of hydrogen-bond acceptors (Lipinski definition) is 10. The third-order valence-corrected chi connectivity index (χ3v) is 5.98. The molecule has 0 unspecified atom stereocenters. The summed E-state index contributed by atoms with van der Waals surface area (Å²) in [4.78, 5) is 29.6. The zero-order chi connectivity index (χ0) is 24.5. The van der Waals surface area contributed by atoms with Gasteiger partial charge in [-0.15, -0.1) is 0 Å². The second-order valence-electron chi connectivity index (χ2n) is 6.99. The normalized spacial score (nSPS) is 15.2. The van der Waals surface area contributed by atoms with E-state index in [9.17, 15) is 18.0 Å². The lowest BCUT2D eigenvalue weighted by molar-refractivity contribution is -0.146. The van der Waals surface area contributed by atoms with Crippen LogP contribution in [-0.4, -0.2) is 53.3 Å². The first-order valence-electron chi connectivity index (χ1n) is 9.73. The minimum absolute atomic E-state index is 0.0137. The zero-order valence-corrected chi connectivity index (χ0v) is 18.9. The van der Waals surface area contributed by atoms with Gasteiger partial charge in [-0.1, -0.05) is 11.3 Å². The highest BCUT2D eigenvalue weighted by Crippen LogP contribution is 2.43. The maximum absolute atomic E-state index is 13.0. The van der Waals surface area contributed by atoms with Crippen molar-refractivity contribution in [3.63, 3.8) is 0 Å². The van der Waals surface area contributed by atoms with Crippen molar-refractivity contribution in [1.29, 1.82) is 0 Å². The Kier molecular flexibility index (Phi) is 6.38. The minimum atomic E-state index is -4.53. The van der Waals surface area contributed by atoms with E-state index in [0.717, 1.165) is 17.4 Å². The summed E-state index contributed by atoms with van der Waals surface area (Å²) in [6.07, 6.45) is -2.64. The highest BCUT2D eigenvalue weighted by Gasteiger charge is 2.39. The number of pyridine rings is 1. The standard InChI is InChI=1S/C20H18F3N5O5S/c1-19(32-6-7-33-19)14-13(11-5-4-10(8-24-11)20(21,22)23)27-18(34-14)28-15(29)12-16(30-2)25-9-26-17(12)31-3/h4-5,8-9H,6-7H2,1-3H3,(H,27,28,29). The Labute approximate surface area is 195 Å². The van der Waals surface area contributed by atoms with E-state index in [0.29, 0.717) is 24.3 Å². The van der Waals surface area contributed by atoms with Crippen molar-refractivity contribution in [2.24, 2.45) is 0 Å². The molecule has 0 radical (unpaired) electrons. The van der Waals surface area contributed by atoms with Crippen molar-refractivity contribution in [3.05, 3.63) is 40.7 Å². The van der Waals surface area contributed by atoms with Gasteiger partial charge in [-0.05, 0) is 19.1 Å². The molecule has 34 heavy (non-hydrogen) atoms. The van der Waals surface area contributed by atoms with Crippen LogP contribution in [0.2, 0.25) is 0 Å². The smallest absolute Gasteiger partial charge is 0.417 e. The number of rotatable bonds is 6. The molecule has 10 nitrogen and oxygen atoms in total. The van der Waals surface area contributed by atoms with Crippen LogP contribution in [-0.2, 0) is 21.4 Å². The van der Waals surface area contributed by atoms with Gasteiger partial charge in [0.2, 0.25) is 17.5 Å². The third kappa shape index (κ3) is 4.51. The average molecular weight is 497 g/mol. The van der Waals surface area contributed by atoms with Gasteiger partial charge in [-0.2, -0.15) is 13.2 Å². The average Bonchev–Trinajstić information content (AvgIpc) is 3.45. The Hall–Kier alpha value is -3.36. The van der Waals surface area contributed by atoms with Crippen molar-refractivity contribution in [1.82, 2.24) is 19.9 Å². The van der Waals surface area contributed by atoms with Crippen LogP contribution in [0.25, 0.3) is 11.4 Å². The molecule has 0 bridgehead atoms. The second kappa shape index (κ2) is 9.12. The molecule has 0 aromatic carbocycles. The van der Waals surface area contributed by atoms with Crippen molar-refractivity contribution >= 4 is 22.4 Å². The molecule has 0 atom stereocenters. The van der Waals surface area contributed by atoms with Gasteiger partial charge in [0.1, 0.15) is 12.0 Å². The SMILES string of the molecule is COc1ncnc(OC)c1C(=O)Nc1nc(-c2ccc(C(F)(F)F)cn2)c(C2(C)OCCO2)s1. The Morgan fingerprint density at radius 3 is 2.29 bits per heavy atom. The summed E-state index contributed by atoms with van der Waals surface area (Å²) in [7, 11) is 2.67. The lowest BCUT2D eigenvalue weighted by Crippen LogP contribution is -2.22. The van der Waals surface area contributed by atoms with E-state index >= 15 is 0 Å². The van der Waals surface area contributed by atoms with E-state index in [4.69, 9.17) is 18.9 Å². The molecule has 4 heterocycles. The maximum Gasteiger partial charge on any atom is 0.417 e. The number of alkyl halides is 3. The molecule has 0 saturated carbocycles. The summed E-state index contributed by atoms with van der Waals surface area (Å²) in [6, 6.07) is 2.10. The summed E-state index contributed by atoms with van der Waals surface area (Å²) < 4.78 is 60.6. The molecule has 3 aromatic rings. The number of ether oxygens (including phenoxy) is 4. The Bertz CT molecular complexity index is 1170. The van der Waals surface area contributed by atoms with Gasteiger partial charge in [-0.25, -0.2) is 15.0 Å². The molecule has 4 rings (SSSR count). The summed E-state index contributed by atoms with van der Waals surface area (Å²) >= 11 is 1.03. The molecule has 1 saturated heterocycles. The molecule has 1 amide bonds. The van der Waals surface area contributed by atoms with Crippen LogP contribution in [0, 0.1) is 0 Å². The number of amides is 1. The zero-order valence-electron chi connectivity index (χ0n) is 18.1. The van der Waals surface area contributed by atoms with Crippen LogP contribution in [0.4, 0.5) is 18.3 Å². The summed E-state index contributed by atoms with van der Waals surface area (Å²) in [5.74, 6) is -1.91. The number of methoxy groups -OCH3 is 2. The first kappa shape index (κ1) is 23.8. The molecule has 3 aromatic heterocycles. The second-order valence-corrected chi connectivity index (χ2v) is 7.99. The predicted molar refractivity (Wildman–Crippen MR) is 113 cm³/mol. The quantitative estimate of drug-likeness (QED) is 0.546. The fourth-order valence-electron chi connectivity index (χ4n) is 3.22. The molecule has 1 aliphatic rings. The van der Waals surface area contributed by atoms with E-state index in [1.165, 1.54) is 26.6 Å². The van der Waals surface area contributed by atoms with E-state index in [1.54, 1.807) is 6.92 Å². The molecule has 0 spiro atoms. The maximum atomic E-state index is 13.0. The highest BCUT2D eigenvalue weighted by atomic mass is 32.1. The number of halogens is 3. The van der Waals surface area contributed by atoms with Crippen LogP contribution < -0.4 is 14.8 Å². The van der Waals surface area contributed by atoms with Crippen molar-refractivity contribution in [2.75, 3.05) is 32.8 Å². The van der Waals surface area contributed by atoms with Gasteiger partial charge in [0.25, 0.3) is 5.91 Å². The van der Waals surface area contributed by atoms with Gasteiger partial charge < -0.3 is 18.9 Å². The van der Waals surface area contributed by atoms with E-state index in [1.807, 2.05) is 0 Å². The molecule has 1 fully saturated rings. The fourth-order valence-corrected chi connectivity index (χ4v) is 4.24. The lowest BCUT2D eigenvalue weighted by atomic mass is 10.1. The number of carbonyl (C=O) groups is 1. The first-order chi connectivity index (χ1) is 16.2. The van der Waals surface area contributed by atoms with Gasteiger partial charge >= 0.3 is 6.18 Å². The topological polar surface area (TPSA) is 118 Å². The molecule has 14 heteroatoms. The summed E-state index contributed by atoms with van der Waals surface area (Å²) in [5.41, 5.74) is -0.595. The highest BCUT2D eigenvalue weighted by molar-refractivity contribution is 7.16. The van der Waals surface area contributed by atoms with Gasteiger partial charge in [0, 0.05) is 6.20 Å². The molecule has 1 aliphatic heterocycles. The van der Waals surface area contributed by atoms with Gasteiger partial charge in [0.15, 0.2) is 10.7 Å². The monoisotopic (exact) mass is 497 g/mol. The van der Waals surface area contributed by atoms with Crippen LogP contribution in [0.3, 0.4) is 0 Å². The summed E-state index contributed by atoms with van der Waals surface area (Å²) in [6.45, 7) is 2.28. The number of thiazole rings is 1.